The highest BCUT2D eigenvalue weighted by Crippen LogP contribution is 2.19. The number of hydrogen-bond donors (Lipinski definition) is 1. The van der Waals surface area contributed by atoms with Gasteiger partial charge in [-0.15, -0.1) is 0 Å². The summed E-state index contributed by atoms with van der Waals surface area (Å²) in [6, 6.07) is 3.09. The molecule has 0 bridgehead atoms. The Balaban J connectivity index is 2.35. The van der Waals surface area contributed by atoms with Gasteiger partial charge in [-0.2, -0.15) is 5.26 Å². The fourth-order valence-electron chi connectivity index (χ4n) is 2.47. The predicted octanol–water partition coefficient (Wildman–Crippen LogP) is 3.24. The monoisotopic (exact) mass is 208 g/mol. The lowest BCUT2D eigenvalue weighted by atomic mass is 9.92. The number of nitrogens with zero attached hydrogens (tertiary/aromatic N) is 1. The Morgan fingerprint density at radius 1 is 1.33 bits per heavy atom. The van der Waals surface area contributed by atoms with Gasteiger partial charge in [0.1, 0.15) is 0 Å². The van der Waals surface area contributed by atoms with Crippen LogP contribution >= 0.6 is 0 Å². The quantitative estimate of drug-likeness (QED) is 0.753. The number of rotatable bonds is 5. The van der Waals surface area contributed by atoms with Crippen molar-refractivity contribution in [2.45, 2.75) is 70.9 Å². The van der Waals surface area contributed by atoms with Gasteiger partial charge < -0.3 is 0 Å². The maximum absolute atomic E-state index is 9.14. The molecular formula is C13H24N2. The van der Waals surface area contributed by atoms with Crippen LogP contribution in [0, 0.1) is 17.2 Å². The van der Waals surface area contributed by atoms with Crippen molar-refractivity contribution in [2.75, 3.05) is 0 Å². The van der Waals surface area contributed by atoms with Gasteiger partial charge in [0.15, 0.2) is 0 Å². The van der Waals surface area contributed by atoms with E-state index in [-0.39, 0.29) is 6.04 Å². The molecule has 1 aliphatic carbocycles. The molecule has 0 amide bonds. The van der Waals surface area contributed by atoms with E-state index in [0.717, 1.165) is 6.42 Å². The first-order chi connectivity index (χ1) is 7.27. The Bertz CT molecular complexity index is 201. The van der Waals surface area contributed by atoms with Gasteiger partial charge in [0.25, 0.3) is 0 Å². The molecule has 0 radical (unpaired) electrons. The van der Waals surface area contributed by atoms with E-state index < -0.39 is 0 Å². The molecule has 0 spiro atoms. The lowest BCUT2D eigenvalue weighted by molar-refractivity contribution is 0.313. The van der Waals surface area contributed by atoms with Crippen molar-refractivity contribution in [1.82, 2.24) is 5.32 Å². The first-order valence-corrected chi connectivity index (χ1v) is 6.43. The van der Waals surface area contributed by atoms with Crippen molar-refractivity contribution in [3.05, 3.63) is 0 Å². The fourth-order valence-corrected chi connectivity index (χ4v) is 2.47. The topological polar surface area (TPSA) is 35.8 Å². The van der Waals surface area contributed by atoms with E-state index in [4.69, 9.17) is 5.26 Å². The van der Waals surface area contributed by atoms with E-state index in [2.05, 4.69) is 25.2 Å². The van der Waals surface area contributed by atoms with Gasteiger partial charge in [0.05, 0.1) is 12.1 Å². The van der Waals surface area contributed by atoms with Crippen LogP contribution in [0.3, 0.4) is 0 Å². The van der Waals surface area contributed by atoms with Gasteiger partial charge in [-0.05, 0) is 25.2 Å². The van der Waals surface area contributed by atoms with Gasteiger partial charge in [-0.3, -0.25) is 5.32 Å². The zero-order chi connectivity index (χ0) is 11.1. The van der Waals surface area contributed by atoms with Crippen LogP contribution in [0.4, 0.5) is 0 Å². The first kappa shape index (κ1) is 12.5. The second kappa shape index (κ2) is 6.85. The summed E-state index contributed by atoms with van der Waals surface area (Å²) in [5.74, 6) is 0.488. The number of hydrogen-bond acceptors (Lipinski definition) is 2. The van der Waals surface area contributed by atoms with Crippen LogP contribution in [0.25, 0.3) is 0 Å². The maximum Gasteiger partial charge on any atom is 0.0980 e. The van der Waals surface area contributed by atoms with E-state index in [1.165, 1.54) is 38.5 Å². The summed E-state index contributed by atoms with van der Waals surface area (Å²) in [7, 11) is 0. The smallest absolute Gasteiger partial charge is 0.0980 e. The molecule has 1 fully saturated rings. The van der Waals surface area contributed by atoms with Crippen LogP contribution in [0.2, 0.25) is 0 Å². The molecule has 1 aliphatic rings. The molecule has 1 rings (SSSR count). The Hall–Kier alpha value is -0.550. The molecule has 1 saturated carbocycles. The van der Waals surface area contributed by atoms with Gasteiger partial charge in [-0.25, -0.2) is 0 Å². The molecule has 0 aromatic carbocycles. The molecule has 15 heavy (non-hydrogen) atoms. The van der Waals surface area contributed by atoms with Crippen LogP contribution in [0.1, 0.15) is 58.8 Å². The van der Waals surface area contributed by atoms with Crippen LogP contribution in [-0.4, -0.2) is 12.1 Å². The molecule has 0 saturated heterocycles. The first-order valence-electron chi connectivity index (χ1n) is 6.43. The van der Waals surface area contributed by atoms with Crippen molar-refractivity contribution in [3.8, 4) is 6.07 Å². The zero-order valence-corrected chi connectivity index (χ0v) is 10.1. The minimum atomic E-state index is 0.0630. The summed E-state index contributed by atoms with van der Waals surface area (Å²) in [5, 5.41) is 12.7. The van der Waals surface area contributed by atoms with E-state index in [1.807, 2.05) is 0 Å². The summed E-state index contributed by atoms with van der Waals surface area (Å²) >= 11 is 0. The standard InChI is InChI=1S/C13H24N2/c1-3-7-11(2)13(10-14)15-12-8-5-4-6-9-12/h11-13,15H,3-9H2,1-2H3. The fraction of sp³-hybridized carbons (Fsp3) is 0.923. The lowest BCUT2D eigenvalue weighted by Crippen LogP contribution is -2.42. The molecule has 0 aromatic rings. The van der Waals surface area contributed by atoms with Crippen LogP contribution in [0.5, 0.6) is 0 Å². The zero-order valence-electron chi connectivity index (χ0n) is 10.1. The summed E-state index contributed by atoms with van der Waals surface area (Å²) in [6.07, 6.45) is 8.88. The van der Waals surface area contributed by atoms with Crippen molar-refractivity contribution in [2.24, 2.45) is 5.92 Å². The molecule has 86 valence electrons. The minimum absolute atomic E-state index is 0.0630. The molecule has 0 heterocycles. The summed E-state index contributed by atoms with van der Waals surface area (Å²) in [4.78, 5) is 0. The Morgan fingerprint density at radius 2 is 2.00 bits per heavy atom. The number of nitriles is 1. The van der Waals surface area contributed by atoms with Crippen LogP contribution in [0.15, 0.2) is 0 Å². The van der Waals surface area contributed by atoms with Crippen LogP contribution < -0.4 is 5.32 Å². The van der Waals surface area contributed by atoms with E-state index in [1.54, 1.807) is 0 Å². The summed E-state index contributed by atoms with van der Waals surface area (Å²) in [5.41, 5.74) is 0. The van der Waals surface area contributed by atoms with E-state index in [9.17, 15) is 0 Å². The van der Waals surface area contributed by atoms with Gasteiger partial charge in [-0.1, -0.05) is 39.5 Å². The lowest BCUT2D eigenvalue weighted by Gasteiger charge is -2.28. The SMILES string of the molecule is CCCC(C)C(C#N)NC1CCCCC1. The molecule has 0 aromatic heterocycles. The Labute approximate surface area is 94.1 Å². The Kier molecular flexibility index (Phi) is 5.71. The third-order valence-corrected chi connectivity index (χ3v) is 3.47. The van der Waals surface area contributed by atoms with Gasteiger partial charge in [0.2, 0.25) is 0 Å². The summed E-state index contributed by atoms with van der Waals surface area (Å²) < 4.78 is 0. The average molecular weight is 208 g/mol. The number of nitrogens with one attached hydrogen (secondary N) is 1. The third-order valence-electron chi connectivity index (χ3n) is 3.47. The third kappa shape index (κ3) is 4.22. The second-order valence-electron chi connectivity index (χ2n) is 4.87. The second-order valence-corrected chi connectivity index (χ2v) is 4.87. The molecule has 1 N–H and O–H groups in total. The molecule has 2 unspecified atom stereocenters. The summed E-state index contributed by atoms with van der Waals surface area (Å²) in [6.45, 7) is 4.37. The highest BCUT2D eigenvalue weighted by Gasteiger charge is 2.21. The molecule has 2 atom stereocenters. The molecule has 2 nitrogen and oxygen atoms in total. The van der Waals surface area contributed by atoms with E-state index in [0.29, 0.717) is 12.0 Å². The van der Waals surface area contributed by atoms with Crippen LogP contribution in [-0.2, 0) is 0 Å². The van der Waals surface area contributed by atoms with Crippen molar-refractivity contribution in [1.29, 1.82) is 5.26 Å². The molecule has 2 heteroatoms. The molecular weight excluding hydrogens is 184 g/mol. The Morgan fingerprint density at radius 3 is 2.53 bits per heavy atom. The normalized spacial score (nSPS) is 21.9. The van der Waals surface area contributed by atoms with E-state index >= 15 is 0 Å². The molecule has 0 aliphatic heterocycles. The highest BCUT2D eigenvalue weighted by molar-refractivity contribution is 4.95. The van der Waals surface area contributed by atoms with Crippen molar-refractivity contribution in [3.63, 3.8) is 0 Å². The average Bonchev–Trinajstić information content (AvgIpc) is 2.27. The predicted molar refractivity (Wildman–Crippen MR) is 63.5 cm³/mol. The maximum atomic E-state index is 9.14. The van der Waals surface area contributed by atoms with Crippen molar-refractivity contribution >= 4 is 0 Å². The van der Waals surface area contributed by atoms with Gasteiger partial charge in [0, 0.05) is 6.04 Å². The van der Waals surface area contributed by atoms with Gasteiger partial charge >= 0.3 is 0 Å². The highest BCUT2D eigenvalue weighted by atomic mass is 15.0. The van der Waals surface area contributed by atoms with Crippen molar-refractivity contribution < 1.29 is 0 Å². The largest absolute Gasteiger partial charge is 0.299 e. The minimum Gasteiger partial charge on any atom is -0.299 e.